The van der Waals surface area contributed by atoms with Gasteiger partial charge in [0.1, 0.15) is 17.9 Å². The molecule has 24 heavy (non-hydrogen) atoms. The highest BCUT2D eigenvalue weighted by molar-refractivity contribution is 14.1. The first-order valence-electron chi connectivity index (χ1n) is 7.32. The third-order valence-corrected chi connectivity index (χ3v) is 7.24. The van der Waals surface area contributed by atoms with E-state index in [4.69, 9.17) is 15.6 Å². The van der Waals surface area contributed by atoms with Crippen molar-refractivity contribution in [3.05, 3.63) is 24.8 Å². The predicted octanol–water partition coefficient (Wildman–Crippen LogP) is 2.85. The topological polar surface area (TPSA) is 92.8 Å². The number of rotatable bonds is 5. The van der Waals surface area contributed by atoms with Crippen LogP contribution in [0.25, 0.3) is 0 Å². The van der Waals surface area contributed by atoms with E-state index in [0.29, 0.717) is 6.42 Å². The van der Waals surface area contributed by atoms with Crippen LogP contribution in [-0.4, -0.2) is 43.6 Å². The molecule has 0 aromatic heterocycles. The molecule has 134 valence electrons. The highest BCUT2D eigenvalue weighted by Crippen LogP contribution is 2.35. The quantitative estimate of drug-likeness (QED) is 0.217. The molecule has 2 rings (SSSR count). The summed E-state index contributed by atoms with van der Waals surface area (Å²) in [5.74, 6) is -0.205. The Hall–Kier alpha value is 0.950. The number of carbonyl (C=O) groups is 1. The molecule has 1 fully saturated rings. The molecule has 1 aliphatic rings. The molecule has 5 atom stereocenters. The summed E-state index contributed by atoms with van der Waals surface area (Å²) in [7, 11) is 0. The molecule has 0 amide bonds. The fourth-order valence-electron chi connectivity index (χ4n) is 2.58. The molecule has 4 N–H and O–H groups in total. The van der Waals surface area contributed by atoms with Gasteiger partial charge in [0.2, 0.25) is 0 Å². The van der Waals surface area contributed by atoms with E-state index in [2.05, 4.69) is 80.4 Å². The average Bonchev–Trinajstić information content (AvgIpc) is 2.48. The number of thiol groups is 1. The van der Waals surface area contributed by atoms with Crippen molar-refractivity contribution < 1.29 is 19.7 Å². The van der Waals surface area contributed by atoms with E-state index in [1.54, 1.807) is 0 Å². The van der Waals surface area contributed by atoms with E-state index in [1.807, 2.05) is 12.1 Å². The van der Waals surface area contributed by atoms with Crippen molar-refractivity contribution in [2.75, 3.05) is 0 Å². The van der Waals surface area contributed by atoms with Crippen LogP contribution in [0.4, 0.5) is 0 Å². The van der Waals surface area contributed by atoms with Crippen molar-refractivity contribution in [3.63, 3.8) is 0 Å². The lowest BCUT2D eigenvalue weighted by molar-refractivity contribution is -0.138. The smallest absolute Gasteiger partial charge is 0.320 e. The Morgan fingerprint density at radius 3 is 2.46 bits per heavy atom. The Kier molecular flexibility index (Phi) is 8.18. The highest BCUT2D eigenvalue weighted by Gasteiger charge is 2.35. The highest BCUT2D eigenvalue weighted by atomic mass is 127. The molecule has 0 heterocycles. The molecule has 5 nitrogen and oxygen atoms in total. The van der Waals surface area contributed by atoms with Gasteiger partial charge in [-0.2, -0.15) is 12.6 Å². The largest absolute Gasteiger partial charge is 0.488 e. The van der Waals surface area contributed by atoms with Gasteiger partial charge in [-0.15, -0.1) is 0 Å². The zero-order valence-corrected chi connectivity index (χ0v) is 19.9. The number of nitrogens with two attached hydrogens (primary N) is 1. The number of aliphatic hydroxyl groups is 1. The standard InChI is InChI=1S/C15H18I3NO4S/c16-8-4-7(5-12(24)13(8)20)23-14-9(17)1-6(2-10(14)18)3-11(19)15(21)22/h1-2,7-8,11-13,20,24H,3-5,19H2,(H,21,22). The number of aliphatic carboxylic acids is 1. The third kappa shape index (κ3) is 5.47. The van der Waals surface area contributed by atoms with E-state index in [0.717, 1.165) is 24.9 Å². The fraction of sp³-hybridized carbons (Fsp3) is 0.533. The van der Waals surface area contributed by atoms with Crippen LogP contribution >= 0.6 is 80.4 Å². The Balaban J connectivity index is 2.12. The second kappa shape index (κ2) is 9.24. The minimum absolute atomic E-state index is 0.00644. The molecular weight excluding hydrogens is 671 g/mol. The number of halogens is 3. The fourth-order valence-corrected chi connectivity index (χ4v) is 6.57. The molecule has 0 aliphatic heterocycles. The second-order valence-corrected chi connectivity index (χ2v) is 10.4. The Morgan fingerprint density at radius 2 is 1.96 bits per heavy atom. The van der Waals surface area contributed by atoms with Crippen LogP contribution in [0.5, 0.6) is 5.75 Å². The third-order valence-electron chi connectivity index (χ3n) is 3.87. The normalized spacial score (nSPS) is 28.4. The first-order chi connectivity index (χ1) is 11.2. The number of carboxylic acids is 1. The first-order valence-corrected chi connectivity index (χ1v) is 11.2. The van der Waals surface area contributed by atoms with Crippen LogP contribution in [0.1, 0.15) is 18.4 Å². The van der Waals surface area contributed by atoms with E-state index in [-0.39, 0.29) is 21.7 Å². The number of alkyl halides is 1. The summed E-state index contributed by atoms with van der Waals surface area (Å²) < 4.78 is 8.16. The van der Waals surface area contributed by atoms with E-state index in [9.17, 15) is 9.90 Å². The SMILES string of the molecule is NC(Cc1cc(I)c(OC2CC(S)C(O)C(I)C2)c(I)c1)C(=O)O. The maximum atomic E-state index is 10.9. The summed E-state index contributed by atoms with van der Waals surface area (Å²) >= 11 is 11.1. The number of hydrogen-bond donors (Lipinski definition) is 4. The van der Waals surface area contributed by atoms with Gasteiger partial charge in [-0.25, -0.2) is 0 Å². The molecule has 1 aliphatic carbocycles. The molecule has 1 saturated carbocycles. The maximum absolute atomic E-state index is 10.9. The number of carboxylic acid groups (broad SMARTS) is 1. The lowest BCUT2D eigenvalue weighted by Gasteiger charge is -2.35. The number of hydrogen-bond acceptors (Lipinski definition) is 5. The van der Waals surface area contributed by atoms with Crippen molar-refractivity contribution in [1.82, 2.24) is 0 Å². The number of aliphatic hydroxyl groups excluding tert-OH is 1. The minimum atomic E-state index is -1.01. The Bertz CT molecular complexity index is 583. The summed E-state index contributed by atoms with van der Waals surface area (Å²) in [6.45, 7) is 0. The van der Waals surface area contributed by atoms with Gasteiger partial charge in [-0.3, -0.25) is 4.79 Å². The van der Waals surface area contributed by atoms with E-state index < -0.39 is 18.1 Å². The van der Waals surface area contributed by atoms with E-state index in [1.165, 1.54) is 0 Å². The van der Waals surface area contributed by atoms with Crippen LogP contribution in [0, 0.1) is 7.14 Å². The summed E-state index contributed by atoms with van der Waals surface area (Å²) in [6, 6.07) is 2.92. The lowest BCUT2D eigenvalue weighted by atomic mass is 9.94. The molecule has 0 spiro atoms. The zero-order valence-electron chi connectivity index (χ0n) is 12.5. The molecule has 5 unspecified atom stereocenters. The van der Waals surface area contributed by atoms with Gasteiger partial charge in [-0.1, -0.05) is 22.6 Å². The summed E-state index contributed by atoms with van der Waals surface area (Å²) in [5.41, 5.74) is 6.49. The van der Waals surface area contributed by atoms with Gasteiger partial charge in [0.25, 0.3) is 0 Å². The van der Waals surface area contributed by atoms with Crippen LogP contribution in [0.3, 0.4) is 0 Å². The minimum Gasteiger partial charge on any atom is -0.488 e. The molecule has 9 heteroatoms. The lowest BCUT2D eigenvalue weighted by Crippen LogP contribution is -2.43. The van der Waals surface area contributed by atoms with Gasteiger partial charge in [0.05, 0.1) is 13.2 Å². The molecular formula is C15H18I3NO4S. The van der Waals surface area contributed by atoms with Gasteiger partial charge >= 0.3 is 5.97 Å². The van der Waals surface area contributed by atoms with Crippen molar-refractivity contribution in [3.8, 4) is 5.75 Å². The zero-order chi connectivity index (χ0) is 18.0. The van der Waals surface area contributed by atoms with E-state index >= 15 is 0 Å². The van der Waals surface area contributed by atoms with Gasteiger partial charge in [0, 0.05) is 9.17 Å². The molecule has 0 saturated heterocycles. The van der Waals surface area contributed by atoms with Gasteiger partial charge in [0.15, 0.2) is 0 Å². The monoisotopic (exact) mass is 689 g/mol. The van der Waals surface area contributed by atoms with Crippen LogP contribution in [-0.2, 0) is 11.2 Å². The summed E-state index contributed by atoms with van der Waals surface area (Å²) in [5, 5.41) is 18.9. The Morgan fingerprint density at radius 1 is 1.38 bits per heavy atom. The maximum Gasteiger partial charge on any atom is 0.320 e. The summed E-state index contributed by atoms with van der Waals surface area (Å²) in [6.07, 6.45) is 1.35. The first kappa shape index (κ1) is 21.3. The average molecular weight is 689 g/mol. The van der Waals surface area contributed by atoms with Gasteiger partial charge < -0.3 is 20.7 Å². The van der Waals surface area contributed by atoms with Crippen molar-refractivity contribution in [2.24, 2.45) is 5.73 Å². The van der Waals surface area contributed by atoms with Crippen LogP contribution < -0.4 is 10.5 Å². The molecule has 1 aromatic rings. The van der Waals surface area contributed by atoms with Crippen LogP contribution in [0.15, 0.2) is 12.1 Å². The van der Waals surface area contributed by atoms with Crippen molar-refractivity contribution >= 4 is 86.4 Å². The molecule has 0 radical (unpaired) electrons. The van der Waals surface area contributed by atoms with Gasteiger partial charge in [-0.05, 0) is 82.1 Å². The Labute approximate surface area is 187 Å². The second-order valence-electron chi connectivity index (χ2n) is 5.82. The van der Waals surface area contributed by atoms with Crippen molar-refractivity contribution in [1.29, 1.82) is 0 Å². The van der Waals surface area contributed by atoms with Crippen molar-refractivity contribution in [2.45, 2.75) is 46.7 Å². The number of benzene rings is 1. The van der Waals surface area contributed by atoms with Crippen LogP contribution in [0.2, 0.25) is 0 Å². The molecule has 0 bridgehead atoms. The summed E-state index contributed by atoms with van der Waals surface area (Å²) in [4.78, 5) is 10.9. The molecule has 1 aromatic carbocycles. The predicted molar refractivity (Wildman–Crippen MR) is 121 cm³/mol. The number of ether oxygens (including phenoxy) is 1.